The first-order valence-corrected chi connectivity index (χ1v) is 8.72. The van der Waals surface area contributed by atoms with Crippen molar-refractivity contribution in [1.82, 2.24) is 5.32 Å². The minimum Gasteiger partial charge on any atom is -0.322 e. The van der Waals surface area contributed by atoms with Gasteiger partial charge in [0.1, 0.15) is 5.82 Å². The maximum atomic E-state index is 13.1. The summed E-state index contributed by atoms with van der Waals surface area (Å²) in [6.45, 7) is 0. The number of hydrogen-bond acceptors (Lipinski definition) is 3. The van der Waals surface area contributed by atoms with E-state index < -0.39 is 23.8 Å². The number of nitrogens with one attached hydrogen (secondary N) is 2. The first-order chi connectivity index (χ1) is 13.6. The summed E-state index contributed by atoms with van der Waals surface area (Å²) in [4.78, 5) is 29.7. The maximum absolute atomic E-state index is 13.1. The number of nitrogens with zero attached hydrogens (tertiary/aromatic N) is 1. The molecule has 3 aromatic rings. The molecule has 28 heavy (non-hydrogen) atoms. The van der Waals surface area contributed by atoms with E-state index in [0.29, 0.717) is 11.4 Å². The van der Waals surface area contributed by atoms with Crippen molar-refractivity contribution in [2.45, 2.75) is 6.17 Å². The van der Waals surface area contributed by atoms with Gasteiger partial charge in [0, 0.05) is 16.7 Å². The third kappa shape index (κ3) is 3.53. The fourth-order valence-electron chi connectivity index (χ4n) is 2.99. The fraction of sp³-hybridized carbons (Fsp3) is 0.0455. The summed E-state index contributed by atoms with van der Waals surface area (Å²) in [5.74, 6) is -1.40. The molecule has 138 valence electrons. The highest BCUT2D eigenvalue weighted by atomic mass is 19.1. The zero-order chi connectivity index (χ0) is 19.5. The van der Waals surface area contributed by atoms with Gasteiger partial charge in [0.25, 0.3) is 11.8 Å². The summed E-state index contributed by atoms with van der Waals surface area (Å²) >= 11 is 0. The van der Waals surface area contributed by atoms with E-state index in [1.54, 1.807) is 6.07 Å². The average Bonchev–Trinajstić information content (AvgIpc) is 2.86. The van der Waals surface area contributed by atoms with E-state index in [-0.39, 0.29) is 5.56 Å². The van der Waals surface area contributed by atoms with E-state index in [1.165, 1.54) is 24.3 Å². The number of para-hydroxylation sites is 1. The van der Waals surface area contributed by atoms with Crippen LogP contribution < -0.4 is 10.6 Å². The number of benzene rings is 3. The zero-order valence-corrected chi connectivity index (χ0v) is 14.7. The number of fused-ring (bicyclic) bond motifs is 1. The molecule has 1 unspecified atom stereocenters. The van der Waals surface area contributed by atoms with Crippen LogP contribution in [0.15, 0.2) is 83.9 Å². The van der Waals surface area contributed by atoms with Crippen LogP contribution in [0.1, 0.15) is 21.5 Å². The summed E-state index contributed by atoms with van der Waals surface area (Å²) in [5, 5.41) is 5.43. The molecule has 1 aliphatic rings. The summed E-state index contributed by atoms with van der Waals surface area (Å²) < 4.78 is 13.1. The first kappa shape index (κ1) is 17.6. The Balaban J connectivity index is 1.72. The smallest absolute Gasteiger partial charge is 0.269 e. The predicted octanol–water partition coefficient (Wildman–Crippen LogP) is 3.37. The van der Waals surface area contributed by atoms with Crippen LogP contribution in [-0.4, -0.2) is 23.7 Å². The third-order valence-electron chi connectivity index (χ3n) is 4.37. The fourth-order valence-corrected chi connectivity index (χ4v) is 2.99. The first-order valence-electron chi connectivity index (χ1n) is 8.72. The minimum absolute atomic E-state index is 0.243. The Morgan fingerprint density at radius 2 is 1.61 bits per heavy atom. The second-order valence-electron chi connectivity index (χ2n) is 6.26. The molecule has 6 heteroatoms. The molecule has 0 saturated heterocycles. The van der Waals surface area contributed by atoms with Gasteiger partial charge in [-0.2, -0.15) is 0 Å². The monoisotopic (exact) mass is 373 g/mol. The van der Waals surface area contributed by atoms with Crippen LogP contribution in [0.25, 0.3) is 0 Å². The molecule has 5 nitrogen and oxygen atoms in total. The highest BCUT2D eigenvalue weighted by molar-refractivity contribution is 6.20. The van der Waals surface area contributed by atoms with Crippen molar-refractivity contribution in [3.63, 3.8) is 0 Å². The molecule has 0 bridgehead atoms. The van der Waals surface area contributed by atoms with Gasteiger partial charge >= 0.3 is 0 Å². The van der Waals surface area contributed by atoms with Crippen LogP contribution in [0.5, 0.6) is 0 Å². The summed E-state index contributed by atoms with van der Waals surface area (Å²) in [6, 6.07) is 21.9. The topological polar surface area (TPSA) is 70.6 Å². The van der Waals surface area contributed by atoms with Gasteiger partial charge in [-0.3, -0.25) is 9.59 Å². The van der Waals surface area contributed by atoms with Gasteiger partial charge in [-0.25, -0.2) is 9.38 Å². The molecular formula is C22H16FN3O2. The van der Waals surface area contributed by atoms with E-state index in [2.05, 4.69) is 15.6 Å². The number of hydrogen-bond donors (Lipinski definition) is 2. The molecule has 4 rings (SSSR count). The summed E-state index contributed by atoms with van der Waals surface area (Å²) in [6.07, 6.45) is -1.12. The lowest BCUT2D eigenvalue weighted by molar-refractivity contribution is -0.117. The number of carbonyl (C=O) groups excluding carboxylic acids is 2. The Morgan fingerprint density at radius 3 is 2.36 bits per heavy atom. The Morgan fingerprint density at radius 1 is 0.929 bits per heavy atom. The van der Waals surface area contributed by atoms with Crippen molar-refractivity contribution in [2.24, 2.45) is 4.99 Å². The van der Waals surface area contributed by atoms with Crippen molar-refractivity contribution in [3.05, 3.63) is 101 Å². The molecule has 0 radical (unpaired) electrons. The molecule has 0 fully saturated rings. The molecule has 0 spiro atoms. The van der Waals surface area contributed by atoms with Gasteiger partial charge in [0.2, 0.25) is 6.17 Å². The Hall–Kier alpha value is -3.80. The van der Waals surface area contributed by atoms with Crippen molar-refractivity contribution in [2.75, 3.05) is 5.32 Å². The minimum atomic E-state index is -1.12. The molecule has 3 aromatic carbocycles. The number of benzodiazepines with no additional fused rings is 1. The van der Waals surface area contributed by atoms with Gasteiger partial charge in [0.15, 0.2) is 0 Å². The average molecular weight is 373 g/mol. The molecular weight excluding hydrogens is 357 g/mol. The van der Waals surface area contributed by atoms with E-state index in [0.717, 1.165) is 11.1 Å². The molecule has 0 saturated carbocycles. The van der Waals surface area contributed by atoms with Crippen LogP contribution in [0.4, 0.5) is 10.1 Å². The predicted molar refractivity (Wildman–Crippen MR) is 105 cm³/mol. The highest BCUT2D eigenvalue weighted by Crippen LogP contribution is 2.23. The van der Waals surface area contributed by atoms with Gasteiger partial charge in [-0.05, 0) is 30.3 Å². The van der Waals surface area contributed by atoms with Crippen LogP contribution in [-0.2, 0) is 4.79 Å². The zero-order valence-electron chi connectivity index (χ0n) is 14.7. The maximum Gasteiger partial charge on any atom is 0.269 e. The van der Waals surface area contributed by atoms with Crippen molar-refractivity contribution in [1.29, 1.82) is 0 Å². The molecule has 1 atom stereocenters. The number of aliphatic imine (C=N–C) groups is 1. The van der Waals surface area contributed by atoms with Crippen molar-refractivity contribution >= 4 is 23.2 Å². The van der Waals surface area contributed by atoms with Crippen molar-refractivity contribution < 1.29 is 14.0 Å². The van der Waals surface area contributed by atoms with E-state index >= 15 is 0 Å². The van der Waals surface area contributed by atoms with Gasteiger partial charge in [0.05, 0.1) is 11.4 Å². The number of halogens is 1. The van der Waals surface area contributed by atoms with Gasteiger partial charge < -0.3 is 10.6 Å². The van der Waals surface area contributed by atoms with Crippen LogP contribution in [0, 0.1) is 5.82 Å². The lowest BCUT2D eigenvalue weighted by atomic mass is 10.0. The molecule has 2 amide bonds. The van der Waals surface area contributed by atoms with Gasteiger partial charge in [-0.15, -0.1) is 0 Å². The second-order valence-corrected chi connectivity index (χ2v) is 6.26. The Labute approximate surface area is 160 Å². The Bertz CT molecular complexity index is 1060. The van der Waals surface area contributed by atoms with Gasteiger partial charge in [-0.1, -0.05) is 48.5 Å². The van der Waals surface area contributed by atoms with Crippen LogP contribution in [0.2, 0.25) is 0 Å². The van der Waals surface area contributed by atoms with E-state index in [9.17, 15) is 14.0 Å². The largest absolute Gasteiger partial charge is 0.322 e. The molecule has 0 aliphatic carbocycles. The van der Waals surface area contributed by atoms with Crippen molar-refractivity contribution in [3.8, 4) is 0 Å². The normalized spacial score (nSPS) is 15.7. The SMILES string of the molecule is O=C(NC1N=C(c2ccccc2)c2ccccc2NC1=O)c1ccc(F)cc1. The lowest BCUT2D eigenvalue weighted by Crippen LogP contribution is -2.42. The molecule has 1 heterocycles. The number of carbonyl (C=O) groups is 2. The quantitative estimate of drug-likeness (QED) is 0.739. The number of rotatable bonds is 3. The highest BCUT2D eigenvalue weighted by Gasteiger charge is 2.27. The summed E-state index contributed by atoms with van der Waals surface area (Å²) in [5.41, 5.74) is 3.05. The molecule has 1 aliphatic heterocycles. The summed E-state index contributed by atoms with van der Waals surface area (Å²) in [7, 11) is 0. The standard InChI is InChI=1S/C22H16FN3O2/c23-16-12-10-15(11-13-16)21(27)26-20-22(28)24-18-9-5-4-8-17(18)19(25-20)14-6-2-1-3-7-14/h1-13,20H,(H,24,28)(H,26,27). The number of amides is 2. The lowest BCUT2D eigenvalue weighted by Gasteiger charge is -2.13. The second kappa shape index (κ2) is 7.44. The molecule has 2 N–H and O–H groups in total. The Kier molecular flexibility index (Phi) is 4.68. The number of anilines is 1. The van der Waals surface area contributed by atoms with Crippen LogP contribution in [0.3, 0.4) is 0 Å². The van der Waals surface area contributed by atoms with Crippen LogP contribution >= 0.6 is 0 Å². The molecule has 0 aromatic heterocycles. The van der Waals surface area contributed by atoms with E-state index in [4.69, 9.17) is 0 Å². The van der Waals surface area contributed by atoms with E-state index in [1.807, 2.05) is 48.5 Å². The third-order valence-corrected chi connectivity index (χ3v) is 4.37.